The third-order valence-electron chi connectivity index (χ3n) is 3.95. The van der Waals surface area contributed by atoms with E-state index in [1.807, 2.05) is 54.6 Å². The molecule has 0 aromatic heterocycles. The second-order valence-electron chi connectivity index (χ2n) is 5.88. The molecule has 24 heavy (non-hydrogen) atoms. The Bertz CT molecular complexity index is 593. The summed E-state index contributed by atoms with van der Waals surface area (Å²) in [5.41, 5.74) is 1.40. The summed E-state index contributed by atoms with van der Waals surface area (Å²) >= 11 is 5.66. The van der Waals surface area contributed by atoms with Crippen molar-refractivity contribution in [2.75, 3.05) is 12.5 Å². The van der Waals surface area contributed by atoms with E-state index in [0.717, 1.165) is 31.1 Å². The van der Waals surface area contributed by atoms with Crippen molar-refractivity contribution in [3.63, 3.8) is 0 Å². The quantitative estimate of drug-likeness (QED) is 0.289. The van der Waals surface area contributed by atoms with Gasteiger partial charge in [0.2, 0.25) is 0 Å². The summed E-state index contributed by atoms with van der Waals surface area (Å²) in [5.74, 6) is 1.63. The van der Waals surface area contributed by atoms with E-state index in [1.54, 1.807) is 0 Å². The Hall–Kier alpha value is -1.80. The van der Waals surface area contributed by atoms with Gasteiger partial charge in [0.05, 0.1) is 6.61 Å². The third-order valence-corrected chi connectivity index (χ3v) is 4.22. The van der Waals surface area contributed by atoms with Crippen molar-refractivity contribution in [3.05, 3.63) is 65.7 Å². The van der Waals surface area contributed by atoms with Gasteiger partial charge in [-0.15, -0.1) is 11.6 Å². The van der Waals surface area contributed by atoms with E-state index in [4.69, 9.17) is 16.3 Å². The molecule has 0 atom stereocenters. The Morgan fingerprint density at radius 1 is 0.750 bits per heavy atom. The smallest absolute Gasteiger partial charge is 0.193 e. The Morgan fingerprint density at radius 3 is 2.00 bits per heavy atom. The lowest BCUT2D eigenvalue weighted by molar-refractivity contribution is 0.103. The first-order chi connectivity index (χ1) is 11.8. The Morgan fingerprint density at radius 2 is 1.33 bits per heavy atom. The SMILES string of the molecule is O=C(c1ccccc1)c1ccc(OCCCCCCCCCl)cc1. The first-order valence-corrected chi connectivity index (χ1v) is 9.23. The molecule has 2 aromatic carbocycles. The zero-order valence-corrected chi connectivity index (χ0v) is 14.8. The fourth-order valence-electron chi connectivity index (χ4n) is 2.55. The van der Waals surface area contributed by atoms with Crippen molar-refractivity contribution in [3.8, 4) is 5.75 Å². The number of unbranched alkanes of at least 4 members (excludes halogenated alkanes) is 5. The third kappa shape index (κ3) is 6.37. The van der Waals surface area contributed by atoms with E-state index in [0.29, 0.717) is 11.1 Å². The minimum absolute atomic E-state index is 0.0408. The molecule has 0 saturated heterocycles. The van der Waals surface area contributed by atoms with Crippen LogP contribution in [0, 0.1) is 0 Å². The zero-order chi connectivity index (χ0) is 17.0. The minimum Gasteiger partial charge on any atom is -0.494 e. The van der Waals surface area contributed by atoms with E-state index in [1.165, 1.54) is 25.7 Å². The van der Waals surface area contributed by atoms with Gasteiger partial charge in [0, 0.05) is 17.0 Å². The van der Waals surface area contributed by atoms with Crippen LogP contribution in [0.15, 0.2) is 54.6 Å². The molecule has 128 valence electrons. The number of benzene rings is 2. The van der Waals surface area contributed by atoms with Gasteiger partial charge >= 0.3 is 0 Å². The maximum Gasteiger partial charge on any atom is 0.193 e. The lowest BCUT2D eigenvalue weighted by Gasteiger charge is -2.07. The highest BCUT2D eigenvalue weighted by atomic mass is 35.5. The van der Waals surface area contributed by atoms with Crippen LogP contribution in [0.4, 0.5) is 0 Å². The summed E-state index contributed by atoms with van der Waals surface area (Å²) in [5, 5.41) is 0. The summed E-state index contributed by atoms with van der Waals surface area (Å²) < 4.78 is 5.74. The van der Waals surface area contributed by atoms with Gasteiger partial charge in [-0.25, -0.2) is 0 Å². The molecule has 2 aromatic rings. The number of ether oxygens (including phenoxy) is 1. The van der Waals surface area contributed by atoms with Crippen LogP contribution in [0.1, 0.15) is 54.4 Å². The van der Waals surface area contributed by atoms with E-state index in [-0.39, 0.29) is 5.78 Å². The van der Waals surface area contributed by atoms with E-state index in [9.17, 15) is 4.79 Å². The molecule has 0 bridgehead atoms. The number of rotatable bonds is 11. The van der Waals surface area contributed by atoms with E-state index < -0.39 is 0 Å². The molecule has 2 nitrogen and oxygen atoms in total. The van der Waals surface area contributed by atoms with Gasteiger partial charge in [-0.05, 0) is 37.1 Å². The highest BCUT2D eigenvalue weighted by Gasteiger charge is 2.08. The molecule has 0 fully saturated rings. The lowest BCUT2D eigenvalue weighted by Crippen LogP contribution is -2.01. The fraction of sp³-hybridized carbons (Fsp3) is 0.381. The van der Waals surface area contributed by atoms with Crippen LogP contribution >= 0.6 is 11.6 Å². The molecule has 0 saturated carbocycles. The lowest BCUT2D eigenvalue weighted by atomic mass is 10.0. The summed E-state index contributed by atoms with van der Waals surface area (Å²) in [6, 6.07) is 16.7. The largest absolute Gasteiger partial charge is 0.494 e. The van der Waals surface area contributed by atoms with Crippen molar-refractivity contribution in [2.45, 2.75) is 38.5 Å². The molecule has 0 aliphatic carbocycles. The first kappa shape index (κ1) is 18.5. The molecular weight excluding hydrogens is 320 g/mol. The van der Waals surface area contributed by atoms with Crippen molar-refractivity contribution in [1.29, 1.82) is 0 Å². The van der Waals surface area contributed by atoms with Crippen molar-refractivity contribution in [2.24, 2.45) is 0 Å². The Labute approximate surface area is 149 Å². The molecule has 0 aliphatic heterocycles. The van der Waals surface area contributed by atoms with Crippen LogP contribution in [0.2, 0.25) is 0 Å². The fourth-order valence-corrected chi connectivity index (χ4v) is 2.74. The monoisotopic (exact) mass is 344 g/mol. The van der Waals surface area contributed by atoms with Gasteiger partial charge in [0.25, 0.3) is 0 Å². The number of halogens is 1. The molecule has 0 unspecified atom stereocenters. The van der Waals surface area contributed by atoms with Gasteiger partial charge < -0.3 is 4.74 Å². The summed E-state index contributed by atoms with van der Waals surface area (Å²) in [7, 11) is 0. The van der Waals surface area contributed by atoms with Crippen LogP contribution in [-0.2, 0) is 0 Å². The summed E-state index contributed by atoms with van der Waals surface area (Å²) in [6.45, 7) is 0.724. The molecule has 0 heterocycles. The van der Waals surface area contributed by atoms with Gasteiger partial charge in [0.15, 0.2) is 5.78 Å². The van der Waals surface area contributed by atoms with Crippen LogP contribution in [0.25, 0.3) is 0 Å². The minimum atomic E-state index is 0.0408. The number of hydrogen-bond acceptors (Lipinski definition) is 2. The van der Waals surface area contributed by atoms with Gasteiger partial charge in [-0.3, -0.25) is 4.79 Å². The maximum absolute atomic E-state index is 12.3. The Balaban J connectivity index is 1.70. The average Bonchev–Trinajstić information content (AvgIpc) is 2.64. The topological polar surface area (TPSA) is 26.3 Å². The molecule has 0 amide bonds. The predicted molar refractivity (Wildman–Crippen MR) is 100 cm³/mol. The van der Waals surface area contributed by atoms with E-state index in [2.05, 4.69) is 0 Å². The number of carbonyl (C=O) groups is 1. The van der Waals surface area contributed by atoms with Gasteiger partial charge in [-0.1, -0.05) is 56.0 Å². The highest BCUT2D eigenvalue weighted by Crippen LogP contribution is 2.16. The van der Waals surface area contributed by atoms with Crippen LogP contribution in [0.5, 0.6) is 5.75 Å². The second-order valence-corrected chi connectivity index (χ2v) is 6.26. The molecular formula is C21H25ClO2. The van der Waals surface area contributed by atoms with E-state index >= 15 is 0 Å². The van der Waals surface area contributed by atoms with Gasteiger partial charge in [0.1, 0.15) is 5.75 Å². The number of ketones is 1. The molecule has 0 radical (unpaired) electrons. The molecule has 3 heteroatoms. The van der Waals surface area contributed by atoms with Crippen LogP contribution < -0.4 is 4.74 Å². The number of alkyl halides is 1. The molecule has 0 N–H and O–H groups in total. The normalized spacial score (nSPS) is 10.5. The van der Waals surface area contributed by atoms with Gasteiger partial charge in [-0.2, -0.15) is 0 Å². The number of carbonyl (C=O) groups excluding carboxylic acids is 1. The van der Waals surface area contributed by atoms with Crippen LogP contribution in [0.3, 0.4) is 0 Å². The van der Waals surface area contributed by atoms with Crippen molar-refractivity contribution >= 4 is 17.4 Å². The first-order valence-electron chi connectivity index (χ1n) is 8.70. The van der Waals surface area contributed by atoms with Crippen molar-refractivity contribution < 1.29 is 9.53 Å². The molecule has 0 spiro atoms. The molecule has 2 rings (SSSR count). The predicted octanol–water partition coefficient (Wildman–Crippen LogP) is 5.88. The number of hydrogen-bond donors (Lipinski definition) is 0. The standard InChI is InChI=1S/C21H25ClO2/c22-16-8-3-1-2-4-9-17-24-20-14-12-19(13-15-20)21(23)18-10-6-5-7-11-18/h5-7,10-15H,1-4,8-9,16-17H2. The highest BCUT2D eigenvalue weighted by molar-refractivity contribution is 6.17. The summed E-state index contributed by atoms with van der Waals surface area (Å²) in [4.78, 5) is 12.3. The molecule has 0 aliphatic rings. The second kappa shape index (κ2) is 10.9. The zero-order valence-electron chi connectivity index (χ0n) is 14.0. The van der Waals surface area contributed by atoms with Crippen molar-refractivity contribution in [1.82, 2.24) is 0 Å². The Kier molecular flexibility index (Phi) is 8.40. The van der Waals surface area contributed by atoms with Crippen LogP contribution in [-0.4, -0.2) is 18.3 Å². The maximum atomic E-state index is 12.3. The average molecular weight is 345 g/mol. The summed E-state index contributed by atoms with van der Waals surface area (Å²) in [6.07, 6.45) is 7.08.